The predicted octanol–water partition coefficient (Wildman–Crippen LogP) is 2.45. The fourth-order valence-electron chi connectivity index (χ4n) is 1.33. The Bertz CT molecular complexity index is 424. The molecule has 1 rings (SSSR count). The van der Waals surface area contributed by atoms with Crippen LogP contribution < -0.4 is 11.1 Å². The van der Waals surface area contributed by atoms with Crippen molar-refractivity contribution in [3.63, 3.8) is 0 Å². The molecule has 0 heterocycles. The highest BCUT2D eigenvalue weighted by molar-refractivity contribution is 5.95. The lowest BCUT2D eigenvalue weighted by Crippen LogP contribution is -2.45. The molecule has 1 unspecified atom stereocenters. The molecule has 94 valence electrons. The Balaban J connectivity index is 2.85. The lowest BCUT2D eigenvalue weighted by molar-refractivity contribution is -0.119. The molecule has 0 aliphatic carbocycles. The van der Waals surface area contributed by atoms with Crippen LogP contribution in [0.25, 0.3) is 0 Å². The first kappa shape index (κ1) is 13.6. The number of carbonyl (C=O) groups excluding carboxylic acids is 1. The Morgan fingerprint density at radius 3 is 2.53 bits per heavy atom. The predicted molar refractivity (Wildman–Crippen MR) is 67.2 cm³/mol. The van der Waals surface area contributed by atoms with Gasteiger partial charge in [-0.1, -0.05) is 26.8 Å². The van der Waals surface area contributed by atoms with Gasteiger partial charge in [-0.15, -0.1) is 0 Å². The third kappa shape index (κ3) is 3.53. The van der Waals surface area contributed by atoms with E-state index >= 15 is 0 Å². The first-order chi connectivity index (χ1) is 7.71. The number of rotatable bonds is 2. The van der Waals surface area contributed by atoms with Gasteiger partial charge in [0.05, 0.1) is 6.04 Å². The van der Waals surface area contributed by atoms with Crippen molar-refractivity contribution in [3.05, 3.63) is 29.6 Å². The first-order valence-corrected chi connectivity index (χ1v) is 5.54. The van der Waals surface area contributed by atoms with Crippen LogP contribution in [0.2, 0.25) is 0 Å². The standard InChI is InChI=1S/C13H19FN2O/c1-8-5-6-9(14)7-10(8)16-12(17)11(15)13(2,3)4/h5-7,11H,15H2,1-4H3,(H,16,17). The molecule has 17 heavy (non-hydrogen) atoms. The van der Waals surface area contributed by atoms with Crippen LogP contribution in [0.15, 0.2) is 18.2 Å². The largest absolute Gasteiger partial charge is 0.324 e. The zero-order valence-corrected chi connectivity index (χ0v) is 10.7. The Hall–Kier alpha value is -1.42. The van der Waals surface area contributed by atoms with Gasteiger partial charge in [-0.3, -0.25) is 4.79 Å². The van der Waals surface area contributed by atoms with E-state index in [0.29, 0.717) is 5.69 Å². The second kappa shape index (κ2) is 4.84. The van der Waals surface area contributed by atoms with Crippen molar-refractivity contribution in [2.45, 2.75) is 33.7 Å². The lowest BCUT2D eigenvalue weighted by atomic mass is 9.87. The van der Waals surface area contributed by atoms with Gasteiger partial charge in [-0.25, -0.2) is 4.39 Å². The van der Waals surface area contributed by atoms with Gasteiger partial charge in [0.2, 0.25) is 5.91 Å². The summed E-state index contributed by atoms with van der Waals surface area (Å²) in [6.07, 6.45) is 0. The van der Waals surface area contributed by atoms with Crippen LogP contribution in [0.1, 0.15) is 26.3 Å². The molecule has 0 bridgehead atoms. The summed E-state index contributed by atoms with van der Waals surface area (Å²) in [5, 5.41) is 2.65. The smallest absolute Gasteiger partial charge is 0.241 e. The highest BCUT2D eigenvalue weighted by Crippen LogP contribution is 2.21. The van der Waals surface area contributed by atoms with E-state index in [0.717, 1.165) is 5.56 Å². The second-order valence-electron chi connectivity index (χ2n) is 5.29. The van der Waals surface area contributed by atoms with Crippen LogP contribution in [0.4, 0.5) is 10.1 Å². The van der Waals surface area contributed by atoms with Gasteiger partial charge in [-0.2, -0.15) is 0 Å². The number of hydrogen-bond donors (Lipinski definition) is 2. The number of nitrogens with two attached hydrogens (primary N) is 1. The van der Waals surface area contributed by atoms with E-state index in [2.05, 4.69) is 5.32 Å². The molecule has 1 amide bonds. The number of carbonyl (C=O) groups is 1. The van der Waals surface area contributed by atoms with Crippen molar-refractivity contribution in [3.8, 4) is 0 Å². The van der Waals surface area contributed by atoms with Gasteiger partial charge >= 0.3 is 0 Å². The fraction of sp³-hybridized carbons (Fsp3) is 0.462. The molecule has 1 aromatic rings. The number of aryl methyl sites for hydroxylation is 1. The van der Waals surface area contributed by atoms with Crippen molar-refractivity contribution in [1.29, 1.82) is 0 Å². The summed E-state index contributed by atoms with van der Waals surface area (Å²) in [4.78, 5) is 11.9. The molecule has 0 aliphatic rings. The van der Waals surface area contributed by atoms with Crippen molar-refractivity contribution in [2.24, 2.45) is 11.1 Å². The number of hydrogen-bond acceptors (Lipinski definition) is 2. The zero-order valence-electron chi connectivity index (χ0n) is 10.7. The van der Waals surface area contributed by atoms with Gasteiger partial charge in [0.15, 0.2) is 0 Å². The van der Waals surface area contributed by atoms with Crippen LogP contribution in [0, 0.1) is 18.2 Å². The van der Waals surface area contributed by atoms with Gasteiger partial charge in [-0.05, 0) is 30.0 Å². The molecule has 3 nitrogen and oxygen atoms in total. The zero-order chi connectivity index (χ0) is 13.2. The van der Waals surface area contributed by atoms with Gasteiger partial charge in [0, 0.05) is 5.69 Å². The Morgan fingerprint density at radius 1 is 1.41 bits per heavy atom. The van der Waals surface area contributed by atoms with E-state index < -0.39 is 6.04 Å². The highest BCUT2D eigenvalue weighted by atomic mass is 19.1. The number of benzene rings is 1. The maximum atomic E-state index is 13.1. The van der Waals surface area contributed by atoms with Crippen molar-refractivity contribution < 1.29 is 9.18 Å². The van der Waals surface area contributed by atoms with Crippen molar-refractivity contribution in [2.75, 3.05) is 5.32 Å². The quantitative estimate of drug-likeness (QED) is 0.831. The highest BCUT2D eigenvalue weighted by Gasteiger charge is 2.27. The summed E-state index contributed by atoms with van der Waals surface area (Å²) in [5.41, 5.74) is 6.77. The molecule has 0 saturated heterocycles. The summed E-state index contributed by atoms with van der Waals surface area (Å²) < 4.78 is 13.1. The molecule has 0 spiro atoms. The summed E-state index contributed by atoms with van der Waals surface area (Å²) >= 11 is 0. The Labute approximate surface area is 101 Å². The SMILES string of the molecule is Cc1ccc(F)cc1NC(=O)C(N)C(C)(C)C. The maximum Gasteiger partial charge on any atom is 0.241 e. The fourth-order valence-corrected chi connectivity index (χ4v) is 1.33. The molecule has 1 atom stereocenters. The summed E-state index contributed by atoms with van der Waals surface area (Å²) in [7, 11) is 0. The molecule has 3 N–H and O–H groups in total. The molecule has 4 heteroatoms. The minimum atomic E-state index is -0.634. The number of nitrogens with one attached hydrogen (secondary N) is 1. The Morgan fingerprint density at radius 2 is 2.00 bits per heavy atom. The number of anilines is 1. The van der Waals surface area contributed by atoms with Crippen LogP contribution in [0.3, 0.4) is 0 Å². The molecule has 0 radical (unpaired) electrons. The summed E-state index contributed by atoms with van der Waals surface area (Å²) in [6.45, 7) is 7.46. The number of amides is 1. The van der Waals surface area contributed by atoms with E-state index in [1.165, 1.54) is 12.1 Å². The molecule has 0 saturated carbocycles. The minimum Gasteiger partial charge on any atom is -0.324 e. The molecular weight excluding hydrogens is 219 g/mol. The topological polar surface area (TPSA) is 55.1 Å². The van der Waals surface area contributed by atoms with Crippen LogP contribution in [-0.4, -0.2) is 11.9 Å². The molecule has 1 aromatic carbocycles. The van der Waals surface area contributed by atoms with Gasteiger partial charge in [0.25, 0.3) is 0 Å². The van der Waals surface area contributed by atoms with Gasteiger partial charge < -0.3 is 11.1 Å². The molecular formula is C13H19FN2O. The minimum absolute atomic E-state index is 0.300. The van der Waals surface area contributed by atoms with Crippen LogP contribution in [0.5, 0.6) is 0 Å². The van der Waals surface area contributed by atoms with E-state index in [-0.39, 0.29) is 17.1 Å². The van der Waals surface area contributed by atoms with Crippen molar-refractivity contribution >= 4 is 11.6 Å². The Kier molecular flexibility index (Phi) is 3.88. The number of halogens is 1. The monoisotopic (exact) mass is 238 g/mol. The average molecular weight is 238 g/mol. The third-order valence-corrected chi connectivity index (χ3v) is 2.67. The molecule has 0 aliphatic heterocycles. The molecule has 0 fully saturated rings. The van der Waals surface area contributed by atoms with E-state index in [9.17, 15) is 9.18 Å². The second-order valence-corrected chi connectivity index (χ2v) is 5.29. The van der Waals surface area contributed by atoms with Crippen LogP contribution in [-0.2, 0) is 4.79 Å². The summed E-state index contributed by atoms with van der Waals surface area (Å²) in [6, 6.07) is 3.63. The van der Waals surface area contributed by atoms with E-state index in [1.807, 2.05) is 20.8 Å². The van der Waals surface area contributed by atoms with E-state index in [1.54, 1.807) is 13.0 Å². The van der Waals surface area contributed by atoms with Crippen LogP contribution >= 0.6 is 0 Å². The molecule has 0 aromatic heterocycles. The third-order valence-electron chi connectivity index (χ3n) is 2.67. The first-order valence-electron chi connectivity index (χ1n) is 5.54. The van der Waals surface area contributed by atoms with Crippen molar-refractivity contribution in [1.82, 2.24) is 0 Å². The lowest BCUT2D eigenvalue weighted by Gasteiger charge is -2.26. The normalized spacial score (nSPS) is 13.3. The average Bonchev–Trinajstić information content (AvgIpc) is 2.21. The maximum absolute atomic E-state index is 13.1. The van der Waals surface area contributed by atoms with Gasteiger partial charge in [0.1, 0.15) is 5.82 Å². The summed E-state index contributed by atoms with van der Waals surface area (Å²) in [5.74, 6) is -0.679. The van der Waals surface area contributed by atoms with E-state index in [4.69, 9.17) is 5.73 Å².